The molecule has 1 aliphatic carbocycles. The Bertz CT molecular complexity index is 684. The fraction of sp³-hybridized carbons (Fsp3) is 0.444. The summed E-state index contributed by atoms with van der Waals surface area (Å²) in [6.45, 7) is 3.44. The van der Waals surface area contributed by atoms with E-state index in [4.69, 9.17) is 0 Å². The minimum absolute atomic E-state index is 0.0396. The summed E-state index contributed by atoms with van der Waals surface area (Å²) in [6.07, 6.45) is 6.39. The third-order valence-corrected chi connectivity index (χ3v) is 4.46. The normalized spacial score (nSPS) is 17.8. The van der Waals surface area contributed by atoms with Gasteiger partial charge in [-0.2, -0.15) is 5.10 Å². The highest BCUT2D eigenvalue weighted by atomic mass is 16.3. The van der Waals surface area contributed by atoms with Crippen molar-refractivity contribution in [3.63, 3.8) is 0 Å². The first kappa shape index (κ1) is 16.4. The van der Waals surface area contributed by atoms with E-state index in [0.29, 0.717) is 18.2 Å². The van der Waals surface area contributed by atoms with Crippen LogP contribution in [-0.4, -0.2) is 27.5 Å². The number of amides is 2. The molecular formula is C18H24N4O2. The van der Waals surface area contributed by atoms with Crippen LogP contribution in [0.15, 0.2) is 36.7 Å². The number of nitrogens with one attached hydrogen (secondary N) is 2. The number of carbonyl (C=O) groups excluding carboxylic acids is 1. The van der Waals surface area contributed by atoms with Gasteiger partial charge in [-0.3, -0.25) is 4.68 Å². The maximum atomic E-state index is 12.2. The van der Waals surface area contributed by atoms with Gasteiger partial charge in [0.25, 0.3) is 0 Å². The fourth-order valence-corrected chi connectivity index (χ4v) is 3.25. The fourth-order valence-electron chi connectivity index (χ4n) is 3.25. The number of phenols is 1. The standard InChI is InChI=1S/C18H24N4O2/c1-13(12-22-10-4-9-20-22)11-19-18(24)21-16-7-2-6-15-14(16)5-3-8-17(15)23/h3-5,8-10,13,16,23H,2,6-7,11-12H2,1H3,(H2,19,21,24)/t13-,16-/m1/s1. The number of phenolic OH excluding ortho intramolecular Hbond substituents is 1. The quantitative estimate of drug-likeness (QED) is 0.789. The molecular weight excluding hydrogens is 304 g/mol. The molecule has 0 fully saturated rings. The van der Waals surface area contributed by atoms with Gasteiger partial charge in [-0.15, -0.1) is 0 Å². The van der Waals surface area contributed by atoms with Crippen molar-refractivity contribution in [2.24, 2.45) is 5.92 Å². The summed E-state index contributed by atoms with van der Waals surface area (Å²) >= 11 is 0. The number of rotatable bonds is 5. The molecule has 128 valence electrons. The van der Waals surface area contributed by atoms with Crippen molar-refractivity contribution in [1.29, 1.82) is 0 Å². The van der Waals surface area contributed by atoms with Gasteiger partial charge in [-0.1, -0.05) is 19.1 Å². The van der Waals surface area contributed by atoms with Crippen LogP contribution in [0.25, 0.3) is 0 Å². The lowest BCUT2D eigenvalue weighted by Gasteiger charge is -2.27. The summed E-state index contributed by atoms with van der Waals surface area (Å²) in [6, 6.07) is 7.21. The zero-order chi connectivity index (χ0) is 16.9. The minimum Gasteiger partial charge on any atom is -0.508 e. The number of aromatic nitrogens is 2. The van der Waals surface area contributed by atoms with E-state index >= 15 is 0 Å². The van der Waals surface area contributed by atoms with Gasteiger partial charge in [0.15, 0.2) is 0 Å². The molecule has 2 atom stereocenters. The van der Waals surface area contributed by atoms with E-state index in [1.807, 2.05) is 29.1 Å². The summed E-state index contributed by atoms with van der Waals surface area (Å²) < 4.78 is 1.87. The Labute approximate surface area is 141 Å². The molecule has 24 heavy (non-hydrogen) atoms. The van der Waals surface area contributed by atoms with Crippen molar-refractivity contribution in [3.8, 4) is 5.75 Å². The number of nitrogens with zero attached hydrogens (tertiary/aromatic N) is 2. The first-order valence-electron chi connectivity index (χ1n) is 8.46. The van der Waals surface area contributed by atoms with Crippen molar-refractivity contribution >= 4 is 6.03 Å². The van der Waals surface area contributed by atoms with Gasteiger partial charge in [0.1, 0.15) is 5.75 Å². The van der Waals surface area contributed by atoms with Crippen LogP contribution in [-0.2, 0) is 13.0 Å². The number of aromatic hydroxyl groups is 1. The zero-order valence-electron chi connectivity index (χ0n) is 13.9. The van der Waals surface area contributed by atoms with Gasteiger partial charge in [0, 0.05) is 25.5 Å². The van der Waals surface area contributed by atoms with E-state index < -0.39 is 0 Å². The average Bonchev–Trinajstić information content (AvgIpc) is 3.07. The van der Waals surface area contributed by atoms with Gasteiger partial charge in [-0.25, -0.2) is 4.79 Å². The van der Waals surface area contributed by atoms with Crippen LogP contribution in [0.4, 0.5) is 4.79 Å². The van der Waals surface area contributed by atoms with E-state index in [2.05, 4.69) is 22.7 Å². The Hall–Kier alpha value is -2.50. The SMILES string of the molecule is C[C@H](CNC(=O)N[C@@H]1CCCc2c(O)cccc21)Cn1cccn1. The van der Waals surface area contributed by atoms with E-state index in [1.54, 1.807) is 12.3 Å². The topological polar surface area (TPSA) is 79.2 Å². The molecule has 3 N–H and O–H groups in total. The van der Waals surface area contributed by atoms with Crippen molar-refractivity contribution in [2.45, 2.75) is 38.8 Å². The summed E-state index contributed by atoms with van der Waals surface area (Å²) in [5.74, 6) is 0.616. The van der Waals surface area contributed by atoms with Crippen LogP contribution >= 0.6 is 0 Å². The number of carbonyl (C=O) groups is 1. The summed E-state index contributed by atoms with van der Waals surface area (Å²) in [5.41, 5.74) is 1.99. The third kappa shape index (κ3) is 3.88. The second-order valence-electron chi connectivity index (χ2n) is 6.48. The van der Waals surface area contributed by atoms with Crippen LogP contribution in [0.5, 0.6) is 5.75 Å². The van der Waals surface area contributed by atoms with Crippen molar-refractivity contribution in [3.05, 3.63) is 47.8 Å². The molecule has 6 heteroatoms. The molecule has 1 heterocycles. The molecule has 1 aromatic heterocycles. The largest absolute Gasteiger partial charge is 0.508 e. The van der Waals surface area contributed by atoms with E-state index in [0.717, 1.165) is 36.9 Å². The molecule has 0 unspecified atom stereocenters. The Morgan fingerprint density at radius 3 is 3.12 bits per heavy atom. The predicted octanol–water partition coefficient (Wildman–Crippen LogP) is 2.60. The maximum absolute atomic E-state index is 12.2. The summed E-state index contributed by atoms with van der Waals surface area (Å²) in [7, 11) is 0. The Morgan fingerprint density at radius 1 is 1.46 bits per heavy atom. The van der Waals surface area contributed by atoms with Crippen molar-refractivity contribution in [1.82, 2.24) is 20.4 Å². The van der Waals surface area contributed by atoms with Gasteiger partial charge >= 0.3 is 6.03 Å². The predicted molar refractivity (Wildman–Crippen MR) is 91.7 cm³/mol. The number of hydrogen-bond acceptors (Lipinski definition) is 3. The highest BCUT2D eigenvalue weighted by Crippen LogP contribution is 2.34. The van der Waals surface area contributed by atoms with E-state index in [9.17, 15) is 9.90 Å². The smallest absolute Gasteiger partial charge is 0.315 e. The molecule has 3 rings (SSSR count). The molecule has 2 amide bonds. The Balaban J connectivity index is 1.52. The molecule has 0 aliphatic heterocycles. The highest BCUT2D eigenvalue weighted by Gasteiger charge is 2.23. The van der Waals surface area contributed by atoms with Crippen molar-refractivity contribution in [2.75, 3.05) is 6.54 Å². The minimum atomic E-state index is -0.163. The van der Waals surface area contributed by atoms with Crippen LogP contribution in [0.2, 0.25) is 0 Å². The van der Waals surface area contributed by atoms with Gasteiger partial charge in [0.2, 0.25) is 0 Å². The molecule has 0 saturated carbocycles. The molecule has 0 saturated heterocycles. The van der Waals surface area contributed by atoms with Gasteiger partial charge in [-0.05, 0) is 48.4 Å². The molecule has 1 aliphatic rings. The first-order chi connectivity index (χ1) is 11.6. The molecule has 0 spiro atoms. The lowest BCUT2D eigenvalue weighted by Crippen LogP contribution is -2.41. The second-order valence-corrected chi connectivity index (χ2v) is 6.48. The zero-order valence-corrected chi connectivity index (χ0v) is 13.9. The monoisotopic (exact) mass is 328 g/mol. The number of benzene rings is 1. The van der Waals surface area contributed by atoms with Crippen molar-refractivity contribution < 1.29 is 9.90 Å². The van der Waals surface area contributed by atoms with E-state index in [-0.39, 0.29) is 12.1 Å². The van der Waals surface area contributed by atoms with Crippen LogP contribution in [0, 0.1) is 5.92 Å². The molecule has 2 aromatic rings. The molecule has 0 bridgehead atoms. The molecule has 0 radical (unpaired) electrons. The van der Waals surface area contributed by atoms with Crippen LogP contribution in [0.3, 0.4) is 0 Å². The van der Waals surface area contributed by atoms with Gasteiger partial charge < -0.3 is 15.7 Å². The maximum Gasteiger partial charge on any atom is 0.315 e. The molecule has 1 aromatic carbocycles. The summed E-state index contributed by atoms with van der Waals surface area (Å²) in [4.78, 5) is 12.2. The molecule has 6 nitrogen and oxygen atoms in total. The number of urea groups is 1. The lowest BCUT2D eigenvalue weighted by atomic mass is 9.87. The third-order valence-electron chi connectivity index (χ3n) is 4.46. The average molecular weight is 328 g/mol. The van der Waals surface area contributed by atoms with E-state index in [1.165, 1.54) is 0 Å². The summed E-state index contributed by atoms with van der Waals surface area (Å²) in [5, 5.41) is 20.1. The first-order valence-corrected chi connectivity index (χ1v) is 8.46. The van der Waals surface area contributed by atoms with Crippen LogP contribution in [0.1, 0.15) is 36.9 Å². The number of hydrogen-bond donors (Lipinski definition) is 3. The second kappa shape index (κ2) is 7.38. The Kier molecular flexibility index (Phi) is 5.03. The highest BCUT2D eigenvalue weighted by molar-refractivity contribution is 5.74. The van der Waals surface area contributed by atoms with Gasteiger partial charge in [0.05, 0.1) is 6.04 Å². The number of fused-ring (bicyclic) bond motifs is 1. The van der Waals surface area contributed by atoms with Crippen LogP contribution < -0.4 is 10.6 Å². The Morgan fingerprint density at radius 2 is 2.33 bits per heavy atom. The lowest BCUT2D eigenvalue weighted by molar-refractivity contribution is 0.233.